The number of ether oxygens (including phenoxy) is 1. The van der Waals surface area contributed by atoms with Crippen molar-refractivity contribution in [2.45, 2.75) is 25.4 Å². The number of anilines is 3. The number of nitrogens with zero attached hydrogens (tertiary/aromatic N) is 3. The van der Waals surface area contributed by atoms with Gasteiger partial charge in [-0.15, -0.1) is 0 Å². The zero-order valence-electron chi connectivity index (χ0n) is 21.2. The standard InChI is InChI=1S/C18H16N8O8.C5H10O/c1-20-14-10(30)12(22-13-6(11(19)31)16(32)24-26(13)14)21-5-3-2-4-25(18(5)34)15-8(28)7(27)9(29)17(33)23-15;1-6-5-3-2-4-5/h2-4,20,28-30H,1H3,(H2,19,31)(H,21,22)(H,24,32)(H2,23,27,33);5H,2-4H2,1H3. The second-order valence-corrected chi connectivity index (χ2v) is 8.61. The number of methoxy groups -OCH3 is 1. The van der Waals surface area contributed by atoms with Crippen LogP contribution in [0.4, 0.5) is 17.3 Å². The van der Waals surface area contributed by atoms with Gasteiger partial charge in [0.25, 0.3) is 22.6 Å². The number of hydrogen-bond donors (Lipinski definition) is 9. The number of carbonyl (C=O) groups excluding carboxylic acids is 1. The summed E-state index contributed by atoms with van der Waals surface area (Å²) in [7, 11) is 3.19. The Labute approximate surface area is 223 Å². The third-order valence-electron chi connectivity index (χ3n) is 6.20. The van der Waals surface area contributed by atoms with Crippen molar-refractivity contribution in [1.82, 2.24) is 24.1 Å². The SMILES string of the molecule is CNc1c(O)c(Nc2cccn(-c3[nH]c(=O)c(O)c(O)c3O)c2=O)nc2c(C(N)=O)c(=O)[nH]n12.COC1CCC1. The summed E-state index contributed by atoms with van der Waals surface area (Å²) in [5.74, 6) is -5.89. The summed E-state index contributed by atoms with van der Waals surface area (Å²) in [5.41, 5.74) is 1.34. The molecule has 1 fully saturated rings. The second kappa shape index (κ2) is 10.7. The summed E-state index contributed by atoms with van der Waals surface area (Å²) in [6.07, 6.45) is 5.71. The minimum absolute atomic E-state index is 0.0983. The van der Waals surface area contributed by atoms with Gasteiger partial charge in [0.2, 0.25) is 23.0 Å². The molecule has 0 saturated heterocycles. The first kappa shape index (κ1) is 27.6. The van der Waals surface area contributed by atoms with Gasteiger partial charge in [-0.05, 0) is 31.4 Å². The smallest absolute Gasteiger partial charge is 0.295 e. The van der Waals surface area contributed by atoms with E-state index in [0.717, 1.165) is 15.3 Å². The lowest BCUT2D eigenvalue weighted by molar-refractivity contribution is 0.0412. The van der Waals surface area contributed by atoms with Crippen LogP contribution in [0.2, 0.25) is 0 Å². The molecule has 17 nitrogen and oxygen atoms in total. The van der Waals surface area contributed by atoms with Crippen LogP contribution in [0.15, 0.2) is 32.7 Å². The highest BCUT2D eigenvalue weighted by atomic mass is 16.5. The first-order valence-corrected chi connectivity index (χ1v) is 11.7. The predicted octanol–water partition coefficient (Wildman–Crippen LogP) is -0.246. The molecule has 10 N–H and O–H groups in total. The van der Waals surface area contributed by atoms with Gasteiger partial charge in [0.15, 0.2) is 28.7 Å². The Morgan fingerprint density at radius 1 is 1.10 bits per heavy atom. The van der Waals surface area contributed by atoms with Crippen LogP contribution in [0.1, 0.15) is 29.6 Å². The van der Waals surface area contributed by atoms with Crippen LogP contribution in [0.5, 0.6) is 23.0 Å². The monoisotopic (exact) mass is 558 g/mol. The van der Waals surface area contributed by atoms with E-state index in [0.29, 0.717) is 6.10 Å². The third-order valence-corrected chi connectivity index (χ3v) is 6.20. The van der Waals surface area contributed by atoms with Gasteiger partial charge in [0, 0.05) is 20.4 Å². The van der Waals surface area contributed by atoms with Crippen LogP contribution < -0.4 is 33.0 Å². The molecule has 1 aliphatic carbocycles. The summed E-state index contributed by atoms with van der Waals surface area (Å²) < 4.78 is 6.72. The number of fused-ring (bicyclic) bond motifs is 1. The van der Waals surface area contributed by atoms with Crippen molar-refractivity contribution in [3.8, 4) is 28.8 Å². The molecule has 1 aliphatic rings. The normalized spacial score (nSPS) is 12.8. The number of amides is 1. The van der Waals surface area contributed by atoms with Gasteiger partial charge in [-0.1, -0.05) is 0 Å². The first-order valence-electron chi connectivity index (χ1n) is 11.7. The minimum Gasteiger partial charge on any atom is -0.502 e. The van der Waals surface area contributed by atoms with Crippen LogP contribution in [0, 0.1) is 0 Å². The molecule has 0 atom stereocenters. The molecular weight excluding hydrogens is 532 g/mol. The molecule has 0 unspecified atom stereocenters. The number of H-pyrrole nitrogens is 2. The van der Waals surface area contributed by atoms with E-state index in [2.05, 4.69) is 25.7 Å². The fourth-order valence-corrected chi connectivity index (χ4v) is 3.84. The van der Waals surface area contributed by atoms with Gasteiger partial charge >= 0.3 is 0 Å². The van der Waals surface area contributed by atoms with Gasteiger partial charge in [-0.25, -0.2) is 9.50 Å². The largest absolute Gasteiger partial charge is 0.502 e. The van der Waals surface area contributed by atoms with E-state index in [4.69, 9.17) is 10.5 Å². The molecule has 4 aromatic rings. The summed E-state index contributed by atoms with van der Waals surface area (Å²) in [5, 5.41) is 47.3. The highest BCUT2D eigenvalue weighted by Crippen LogP contribution is 2.35. The molecule has 0 aromatic carbocycles. The van der Waals surface area contributed by atoms with Gasteiger partial charge in [-0.3, -0.25) is 28.8 Å². The highest BCUT2D eigenvalue weighted by molar-refractivity contribution is 5.99. The molecule has 1 saturated carbocycles. The van der Waals surface area contributed by atoms with Crippen LogP contribution in [0.25, 0.3) is 11.5 Å². The number of hydrogen-bond acceptors (Lipinski definition) is 12. The van der Waals surface area contributed by atoms with E-state index >= 15 is 0 Å². The Morgan fingerprint density at radius 3 is 2.35 bits per heavy atom. The van der Waals surface area contributed by atoms with E-state index in [1.165, 1.54) is 38.4 Å². The van der Waals surface area contributed by atoms with Crippen LogP contribution in [-0.4, -0.2) is 70.7 Å². The van der Waals surface area contributed by atoms with Crippen molar-refractivity contribution in [2.24, 2.45) is 5.73 Å². The zero-order chi connectivity index (χ0) is 29.3. The lowest BCUT2D eigenvalue weighted by atomic mass is 9.96. The number of aromatic nitrogens is 5. The summed E-state index contributed by atoms with van der Waals surface area (Å²) in [6, 6.07) is 2.58. The van der Waals surface area contributed by atoms with Gasteiger partial charge in [0.05, 0.1) is 6.10 Å². The van der Waals surface area contributed by atoms with Crippen LogP contribution in [0.3, 0.4) is 0 Å². The van der Waals surface area contributed by atoms with E-state index in [-0.39, 0.29) is 23.0 Å². The van der Waals surface area contributed by atoms with Crippen molar-refractivity contribution in [3.05, 3.63) is 55.0 Å². The zero-order valence-corrected chi connectivity index (χ0v) is 21.2. The summed E-state index contributed by atoms with van der Waals surface area (Å²) in [6.45, 7) is 0. The quantitative estimate of drug-likeness (QED) is 0.148. The molecule has 4 heterocycles. The van der Waals surface area contributed by atoms with Crippen LogP contribution in [-0.2, 0) is 4.74 Å². The fourth-order valence-electron chi connectivity index (χ4n) is 3.84. The molecule has 5 rings (SSSR count). The molecule has 0 spiro atoms. The Kier molecular flexibility index (Phi) is 7.40. The van der Waals surface area contributed by atoms with E-state index in [1.54, 1.807) is 7.11 Å². The van der Waals surface area contributed by atoms with Crippen molar-refractivity contribution >= 4 is 28.9 Å². The van der Waals surface area contributed by atoms with Crippen molar-refractivity contribution in [1.29, 1.82) is 0 Å². The molecule has 4 aromatic heterocycles. The molecule has 212 valence electrons. The second-order valence-electron chi connectivity index (χ2n) is 8.61. The van der Waals surface area contributed by atoms with E-state index in [1.807, 2.05) is 0 Å². The Hall–Kier alpha value is -5.45. The van der Waals surface area contributed by atoms with Gasteiger partial charge < -0.3 is 46.5 Å². The third kappa shape index (κ3) is 4.75. The fraction of sp³-hybridized carbons (Fsp3) is 0.261. The Bertz CT molecular complexity index is 1780. The van der Waals surface area contributed by atoms with Gasteiger partial charge in [-0.2, -0.15) is 0 Å². The molecule has 0 bridgehead atoms. The Morgan fingerprint density at radius 2 is 1.80 bits per heavy atom. The van der Waals surface area contributed by atoms with Crippen molar-refractivity contribution in [2.75, 3.05) is 24.8 Å². The molecular formula is C23H26N8O9. The molecule has 40 heavy (non-hydrogen) atoms. The lowest BCUT2D eigenvalue weighted by Crippen LogP contribution is -2.23. The number of rotatable bonds is 6. The minimum atomic E-state index is -1.17. The van der Waals surface area contributed by atoms with Crippen molar-refractivity contribution < 1.29 is 30.0 Å². The van der Waals surface area contributed by atoms with Crippen molar-refractivity contribution in [3.63, 3.8) is 0 Å². The highest BCUT2D eigenvalue weighted by Gasteiger charge is 2.24. The lowest BCUT2D eigenvalue weighted by Gasteiger charge is -2.22. The number of nitrogens with one attached hydrogen (secondary N) is 4. The summed E-state index contributed by atoms with van der Waals surface area (Å²) in [4.78, 5) is 54.7. The number of primary amides is 1. The predicted molar refractivity (Wildman–Crippen MR) is 141 cm³/mol. The number of aromatic hydroxyl groups is 4. The number of aromatic amines is 2. The maximum absolute atomic E-state index is 13.0. The molecule has 1 amide bonds. The summed E-state index contributed by atoms with van der Waals surface area (Å²) >= 11 is 0. The molecule has 0 aliphatic heterocycles. The maximum Gasteiger partial charge on any atom is 0.295 e. The topological polar surface area (TPSA) is 262 Å². The molecule has 0 radical (unpaired) electrons. The van der Waals surface area contributed by atoms with E-state index in [9.17, 15) is 39.6 Å². The van der Waals surface area contributed by atoms with Gasteiger partial charge in [0.1, 0.15) is 5.69 Å². The first-order chi connectivity index (χ1) is 19.0. The number of carbonyl (C=O) groups is 1. The average Bonchev–Trinajstić information content (AvgIpc) is 3.22. The number of pyridine rings is 2. The van der Waals surface area contributed by atoms with E-state index < -0.39 is 57.0 Å². The number of nitrogens with two attached hydrogens (primary N) is 1. The average molecular weight is 559 g/mol. The molecule has 17 heteroatoms. The van der Waals surface area contributed by atoms with Crippen LogP contribution >= 0.6 is 0 Å². The Balaban J connectivity index is 0.000000546. The maximum atomic E-state index is 13.0.